The van der Waals surface area contributed by atoms with Crippen molar-refractivity contribution in [3.63, 3.8) is 0 Å². The molecule has 0 N–H and O–H groups in total. The molecule has 0 aliphatic heterocycles. The number of carbonyl (C=O) groups excluding carboxylic acids is 1. The van der Waals surface area contributed by atoms with Crippen molar-refractivity contribution in [1.29, 1.82) is 0 Å². The van der Waals surface area contributed by atoms with Crippen molar-refractivity contribution in [2.75, 3.05) is 0 Å². The van der Waals surface area contributed by atoms with Gasteiger partial charge in [0.05, 0.1) is 0 Å². The lowest BCUT2D eigenvalue weighted by Crippen LogP contribution is -2.05. The molecule has 0 heterocycles. The molecule has 1 rings (SSSR count). The fourth-order valence-electron chi connectivity index (χ4n) is 2.23. The molecular formula is C13H22O. The first-order valence-corrected chi connectivity index (χ1v) is 5.86. The van der Waals surface area contributed by atoms with Crippen LogP contribution in [0.4, 0.5) is 0 Å². The van der Waals surface area contributed by atoms with E-state index in [-0.39, 0.29) is 0 Å². The van der Waals surface area contributed by atoms with Gasteiger partial charge < -0.3 is 0 Å². The summed E-state index contributed by atoms with van der Waals surface area (Å²) in [6.07, 6.45) is 10.5. The zero-order valence-corrected chi connectivity index (χ0v) is 9.51. The zero-order chi connectivity index (χ0) is 10.4. The minimum atomic E-state index is 0.330. The van der Waals surface area contributed by atoms with Crippen LogP contribution in [0.3, 0.4) is 0 Å². The van der Waals surface area contributed by atoms with E-state index in [1.165, 1.54) is 38.5 Å². The Kier molecular flexibility index (Phi) is 4.92. The van der Waals surface area contributed by atoms with E-state index in [0.717, 1.165) is 12.0 Å². The van der Waals surface area contributed by atoms with Gasteiger partial charge in [-0.2, -0.15) is 0 Å². The minimum absolute atomic E-state index is 0.330. The lowest BCUT2D eigenvalue weighted by molar-refractivity contribution is -0.115. The van der Waals surface area contributed by atoms with Gasteiger partial charge in [-0.3, -0.25) is 4.79 Å². The molecule has 1 saturated carbocycles. The fourth-order valence-corrected chi connectivity index (χ4v) is 2.23. The van der Waals surface area contributed by atoms with E-state index in [1.54, 1.807) is 6.08 Å². The Morgan fingerprint density at radius 1 is 1.14 bits per heavy atom. The lowest BCUT2D eigenvalue weighted by Gasteiger charge is -2.11. The monoisotopic (exact) mass is 194 g/mol. The maximum Gasteiger partial charge on any atom is 0.155 e. The largest absolute Gasteiger partial charge is 0.295 e. The summed E-state index contributed by atoms with van der Waals surface area (Å²) in [5.41, 5.74) is 1.13. The summed E-state index contributed by atoms with van der Waals surface area (Å²) in [6.45, 7) is 3.98. The first-order chi connectivity index (χ1) is 6.68. The first-order valence-electron chi connectivity index (χ1n) is 5.86. The molecule has 14 heavy (non-hydrogen) atoms. The zero-order valence-electron chi connectivity index (χ0n) is 9.51. The standard InChI is InChI=1S/C13H22O/c1-11(2)9-13(14)10-12-7-5-3-4-6-8-12/h9,12H,3-8,10H2,1-2H3. The van der Waals surface area contributed by atoms with Gasteiger partial charge in [-0.15, -0.1) is 0 Å². The molecule has 0 bridgehead atoms. The van der Waals surface area contributed by atoms with Crippen molar-refractivity contribution in [2.24, 2.45) is 5.92 Å². The summed E-state index contributed by atoms with van der Waals surface area (Å²) in [6, 6.07) is 0. The Labute approximate surface area is 87.6 Å². The van der Waals surface area contributed by atoms with Gasteiger partial charge in [0.2, 0.25) is 0 Å². The third-order valence-corrected chi connectivity index (χ3v) is 2.91. The molecule has 1 aliphatic rings. The van der Waals surface area contributed by atoms with Crippen LogP contribution < -0.4 is 0 Å². The highest BCUT2D eigenvalue weighted by atomic mass is 16.1. The van der Waals surface area contributed by atoms with Gasteiger partial charge in [0.15, 0.2) is 5.78 Å². The van der Waals surface area contributed by atoms with Crippen molar-refractivity contribution in [3.05, 3.63) is 11.6 Å². The van der Waals surface area contributed by atoms with E-state index in [0.29, 0.717) is 11.7 Å². The summed E-state index contributed by atoms with van der Waals surface area (Å²) in [7, 11) is 0. The summed E-state index contributed by atoms with van der Waals surface area (Å²) in [5, 5.41) is 0. The molecule has 0 radical (unpaired) electrons. The lowest BCUT2D eigenvalue weighted by atomic mass is 9.94. The third kappa shape index (κ3) is 4.59. The number of rotatable bonds is 3. The predicted octanol–water partition coefficient (Wildman–Crippen LogP) is 3.88. The fraction of sp³-hybridized carbons (Fsp3) is 0.769. The first kappa shape index (κ1) is 11.5. The summed E-state index contributed by atoms with van der Waals surface area (Å²) in [5.74, 6) is 0.998. The van der Waals surface area contributed by atoms with Gasteiger partial charge in [-0.1, -0.05) is 44.1 Å². The highest BCUT2D eigenvalue weighted by molar-refractivity contribution is 5.90. The quantitative estimate of drug-likeness (QED) is 0.492. The summed E-state index contributed by atoms with van der Waals surface area (Å²) < 4.78 is 0. The van der Waals surface area contributed by atoms with Crippen molar-refractivity contribution in [3.8, 4) is 0 Å². The average molecular weight is 194 g/mol. The van der Waals surface area contributed by atoms with E-state index >= 15 is 0 Å². The van der Waals surface area contributed by atoms with E-state index in [2.05, 4.69) is 0 Å². The van der Waals surface area contributed by atoms with Crippen molar-refractivity contribution in [1.82, 2.24) is 0 Å². The second-order valence-corrected chi connectivity index (χ2v) is 4.75. The molecule has 0 aromatic carbocycles. The maximum atomic E-state index is 11.6. The molecule has 0 saturated heterocycles. The van der Waals surface area contributed by atoms with Gasteiger partial charge in [-0.05, 0) is 25.8 Å². The van der Waals surface area contributed by atoms with Crippen LogP contribution in [0.5, 0.6) is 0 Å². The third-order valence-electron chi connectivity index (χ3n) is 2.91. The average Bonchev–Trinajstić information content (AvgIpc) is 2.31. The predicted molar refractivity (Wildman–Crippen MR) is 60.2 cm³/mol. The summed E-state index contributed by atoms with van der Waals surface area (Å²) in [4.78, 5) is 11.6. The molecule has 1 aliphatic carbocycles. The number of allylic oxidation sites excluding steroid dienone is 2. The highest BCUT2D eigenvalue weighted by Crippen LogP contribution is 2.25. The Morgan fingerprint density at radius 3 is 2.21 bits per heavy atom. The molecule has 0 aromatic rings. The molecule has 1 nitrogen and oxygen atoms in total. The van der Waals surface area contributed by atoms with E-state index in [4.69, 9.17) is 0 Å². The second-order valence-electron chi connectivity index (χ2n) is 4.75. The molecule has 0 aromatic heterocycles. The Morgan fingerprint density at radius 2 is 1.71 bits per heavy atom. The normalized spacial score (nSPS) is 18.7. The molecule has 0 atom stereocenters. The van der Waals surface area contributed by atoms with Gasteiger partial charge in [0, 0.05) is 6.42 Å². The number of ketones is 1. The van der Waals surface area contributed by atoms with Crippen LogP contribution in [-0.2, 0) is 4.79 Å². The van der Waals surface area contributed by atoms with E-state index in [1.807, 2.05) is 13.8 Å². The van der Waals surface area contributed by atoms with Crippen LogP contribution in [0, 0.1) is 5.92 Å². The molecule has 0 unspecified atom stereocenters. The topological polar surface area (TPSA) is 17.1 Å². The smallest absolute Gasteiger partial charge is 0.155 e. The molecule has 80 valence electrons. The van der Waals surface area contributed by atoms with Crippen LogP contribution in [0.15, 0.2) is 11.6 Å². The van der Waals surface area contributed by atoms with Crippen LogP contribution in [0.25, 0.3) is 0 Å². The Hall–Kier alpha value is -0.590. The molecule has 0 amide bonds. The van der Waals surface area contributed by atoms with Crippen molar-refractivity contribution < 1.29 is 4.79 Å². The second kappa shape index (κ2) is 6.00. The van der Waals surface area contributed by atoms with Gasteiger partial charge in [0.1, 0.15) is 0 Å². The van der Waals surface area contributed by atoms with Gasteiger partial charge >= 0.3 is 0 Å². The SMILES string of the molecule is CC(C)=CC(=O)CC1CCCCCC1. The van der Waals surface area contributed by atoms with Gasteiger partial charge in [-0.25, -0.2) is 0 Å². The number of hydrogen-bond donors (Lipinski definition) is 0. The molecule has 1 heteroatoms. The maximum absolute atomic E-state index is 11.6. The van der Waals surface area contributed by atoms with Gasteiger partial charge in [0.25, 0.3) is 0 Å². The number of hydrogen-bond acceptors (Lipinski definition) is 1. The number of carbonyl (C=O) groups is 1. The Balaban J connectivity index is 2.34. The summed E-state index contributed by atoms with van der Waals surface area (Å²) >= 11 is 0. The van der Waals surface area contributed by atoms with E-state index < -0.39 is 0 Å². The molecule has 0 spiro atoms. The van der Waals surface area contributed by atoms with Crippen LogP contribution in [0.1, 0.15) is 58.8 Å². The molecule has 1 fully saturated rings. The minimum Gasteiger partial charge on any atom is -0.295 e. The Bertz CT molecular complexity index is 203. The van der Waals surface area contributed by atoms with E-state index in [9.17, 15) is 4.79 Å². The molecular weight excluding hydrogens is 172 g/mol. The van der Waals surface area contributed by atoms with Crippen molar-refractivity contribution >= 4 is 5.78 Å². The van der Waals surface area contributed by atoms with Crippen molar-refractivity contribution in [2.45, 2.75) is 58.8 Å². The van der Waals surface area contributed by atoms with Crippen LogP contribution >= 0.6 is 0 Å². The van der Waals surface area contributed by atoms with Crippen LogP contribution in [-0.4, -0.2) is 5.78 Å². The highest BCUT2D eigenvalue weighted by Gasteiger charge is 2.14. The van der Waals surface area contributed by atoms with Crippen LogP contribution in [0.2, 0.25) is 0 Å².